The van der Waals surface area contributed by atoms with E-state index in [-0.39, 0.29) is 12.3 Å². The third kappa shape index (κ3) is 7.20. The average molecular weight is 556 g/mol. The summed E-state index contributed by atoms with van der Waals surface area (Å²) in [7, 11) is 4.61. The van der Waals surface area contributed by atoms with Crippen LogP contribution >= 0.6 is 15.9 Å². The molecule has 0 fully saturated rings. The number of allylic oxidation sites excluding steroid dienone is 1. The zero-order valence-electron chi connectivity index (χ0n) is 21.2. The molecule has 0 saturated carbocycles. The molecule has 1 aliphatic heterocycles. The number of alkyl carbamates (subject to hydrolysis) is 1. The van der Waals surface area contributed by atoms with Gasteiger partial charge in [0.25, 0.3) is 0 Å². The van der Waals surface area contributed by atoms with Crippen LogP contribution < -0.4 is 30.2 Å². The van der Waals surface area contributed by atoms with Gasteiger partial charge >= 0.3 is 12.1 Å². The zero-order valence-corrected chi connectivity index (χ0v) is 22.8. The Morgan fingerprint density at radius 3 is 2.34 bits per heavy atom. The Kier molecular flexibility index (Phi) is 10.1. The molecule has 1 atom stereocenters. The molecule has 194 valence electrons. The van der Waals surface area contributed by atoms with Crippen LogP contribution in [0.1, 0.15) is 39.2 Å². The van der Waals surface area contributed by atoms with E-state index in [1.54, 1.807) is 47.1 Å². The number of carbonyl (C=O) groups excluding carboxylic acids is 2. The Hall–Kier alpha value is -3.08. The molecule has 1 aromatic carbocycles. The van der Waals surface area contributed by atoms with Crippen LogP contribution in [0.25, 0.3) is 0 Å². The molecule has 1 heterocycles. The second-order valence-corrected chi connectivity index (χ2v) is 9.26. The number of methoxy groups -OCH3 is 3. The number of hydrogen-bond donors (Lipinski definition) is 3. The lowest BCUT2D eigenvalue weighted by molar-refractivity contribution is -0.138. The highest BCUT2D eigenvalue weighted by atomic mass is 79.9. The van der Waals surface area contributed by atoms with Crippen LogP contribution in [0, 0.1) is 0 Å². The van der Waals surface area contributed by atoms with Gasteiger partial charge in [-0.3, -0.25) is 0 Å². The maximum Gasteiger partial charge on any atom is 0.407 e. The Bertz CT molecular complexity index is 986. The quantitative estimate of drug-likeness (QED) is 0.294. The average Bonchev–Trinajstić information content (AvgIpc) is 3.12. The standard InChI is InChI=1S/C24H34BrN3O7/c1-8-34-22(29)19-18(25)17(14-9-10-16(31-5)21(33-7)20(14)32-6)15(28-19)13-26-11-12-27-23(30)35-24(2,3)4/h9-10,13,17,26,28H,8,11-12H2,1-7H3,(H,27,30). The number of halogens is 1. The molecule has 1 aliphatic rings. The summed E-state index contributed by atoms with van der Waals surface area (Å²) >= 11 is 3.58. The van der Waals surface area contributed by atoms with Crippen molar-refractivity contribution in [3.05, 3.63) is 39.8 Å². The predicted molar refractivity (Wildman–Crippen MR) is 135 cm³/mol. The zero-order chi connectivity index (χ0) is 26.2. The Morgan fingerprint density at radius 2 is 1.77 bits per heavy atom. The maximum absolute atomic E-state index is 12.6. The van der Waals surface area contributed by atoms with Crippen molar-refractivity contribution in [2.24, 2.45) is 0 Å². The van der Waals surface area contributed by atoms with E-state index < -0.39 is 23.6 Å². The molecule has 0 saturated heterocycles. The molecule has 1 amide bonds. The van der Waals surface area contributed by atoms with Crippen molar-refractivity contribution in [3.63, 3.8) is 0 Å². The van der Waals surface area contributed by atoms with E-state index in [0.29, 0.717) is 40.5 Å². The molecule has 11 heteroatoms. The van der Waals surface area contributed by atoms with Crippen molar-refractivity contribution in [1.82, 2.24) is 16.0 Å². The largest absolute Gasteiger partial charge is 0.493 e. The topological polar surface area (TPSA) is 116 Å². The molecular formula is C24H34BrN3O7. The van der Waals surface area contributed by atoms with E-state index in [9.17, 15) is 9.59 Å². The van der Waals surface area contributed by atoms with Gasteiger partial charge in [-0.15, -0.1) is 0 Å². The highest BCUT2D eigenvalue weighted by Gasteiger charge is 2.37. The van der Waals surface area contributed by atoms with Crippen molar-refractivity contribution in [1.29, 1.82) is 0 Å². The van der Waals surface area contributed by atoms with Crippen LogP contribution in [0.2, 0.25) is 0 Å². The summed E-state index contributed by atoms with van der Waals surface area (Å²) < 4.78 is 27.6. The minimum Gasteiger partial charge on any atom is -0.493 e. The predicted octanol–water partition coefficient (Wildman–Crippen LogP) is 3.52. The summed E-state index contributed by atoms with van der Waals surface area (Å²) in [6, 6.07) is 3.62. The third-order valence-electron chi connectivity index (χ3n) is 4.79. The van der Waals surface area contributed by atoms with Gasteiger partial charge < -0.3 is 39.6 Å². The van der Waals surface area contributed by atoms with E-state index in [1.165, 1.54) is 14.2 Å². The number of hydrogen-bond acceptors (Lipinski definition) is 9. The van der Waals surface area contributed by atoms with Crippen LogP contribution in [-0.2, 0) is 14.3 Å². The molecule has 10 nitrogen and oxygen atoms in total. The number of ether oxygens (including phenoxy) is 5. The van der Waals surface area contributed by atoms with Crippen molar-refractivity contribution < 1.29 is 33.3 Å². The molecule has 0 radical (unpaired) electrons. The highest BCUT2D eigenvalue weighted by Crippen LogP contribution is 2.49. The molecule has 1 aromatic rings. The molecule has 2 rings (SSSR count). The third-order valence-corrected chi connectivity index (χ3v) is 5.65. The van der Waals surface area contributed by atoms with Gasteiger partial charge in [-0.05, 0) is 33.8 Å². The number of nitrogens with one attached hydrogen (secondary N) is 3. The monoisotopic (exact) mass is 555 g/mol. The van der Waals surface area contributed by atoms with E-state index in [0.717, 1.165) is 5.56 Å². The highest BCUT2D eigenvalue weighted by molar-refractivity contribution is 9.11. The lowest BCUT2D eigenvalue weighted by atomic mass is 9.95. The van der Waals surface area contributed by atoms with Gasteiger partial charge in [0.15, 0.2) is 11.5 Å². The first kappa shape index (κ1) is 28.2. The number of esters is 1. The second-order valence-electron chi connectivity index (χ2n) is 8.41. The van der Waals surface area contributed by atoms with Gasteiger partial charge in [0.05, 0.1) is 33.9 Å². The molecular weight excluding hydrogens is 522 g/mol. The van der Waals surface area contributed by atoms with Crippen LogP contribution in [0.15, 0.2) is 34.2 Å². The van der Waals surface area contributed by atoms with Gasteiger partial charge in [-0.25, -0.2) is 9.59 Å². The number of amides is 1. The summed E-state index contributed by atoms with van der Waals surface area (Å²) in [5.41, 5.74) is 1.13. The van der Waals surface area contributed by atoms with Crippen molar-refractivity contribution >= 4 is 28.0 Å². The molecule has 35 heavy (non-hydrogen) atoms. The number of benzene rings is 1. The summed E-state index contributed by atoms with van der Waals surface area (Å²) in [6.07, 6.45) is 1.25. The van der Waals surface area contributed by atoms with Gasteiger partial charge in [0.2, 0.25) is 5.75 Å². The fourth-order valence-corrected chi connectivity index (χ4v) is 4.17. The van der Waals surface area contributed by atoms with Crippen LogP contribution in [0.5, 0.6) is 17.2 Å². The van der Waals surface area contributed by atoms with E-state index in [4.69, 9.17) is 23.7 Å². The fourth-order valence-electron chi connectivity index (χ4n) is 3.42. The lowest BCUT2D eigenvalue weighted by Gasteiger charge is -2.21. The Morgan fingerprint density at radius 1 is 1.09 bits per heavy atom. The Balaban J connectivity index is 2.31. The summed E-state index contributed by atoms with van der Waals surface area (Å²) in [4.78, 5) is 24.4. The fraction of sp³-hybridized carbons (Fsp3) is 0.500. The van der Waals surface area contributed by atoms with Crippen molar-refractivity contribution in [3.8, 4) is 17.2 Å². The molecule has 0 spiro atoms. The van der Waals surface area contributed by atoms with Crippen molar-refractivity contribution in [2.45, 2.75) is 39.2 Å². The smallest absolute Gasteiger partial charge is 0.407 e. The van der Waals surface area contributed by atoms with E-state index in [2.05, 4.69) is 31.9 Å². The van der Waals surface area contributed by atoms with Crippen LogP contribution in [0.3, 0.4) is 0 Å². The van der Waals surface area contributed by atoms with Gasteiger partial charge in [-0.1, -0.05) is 22.0 Å². The van der Waals surface area contributed by atoms with Crippen LogP contribution in [-0.4, -0.2) is 58.7 Å². The Labute approximate surface area is 214 Å². The normalized spacial score (nSPS) is 16.5. The minimum absolute atomic E-state index is 0.238. The lowest BCUT2D eigenvalue weighted by Crippen LogP contribution is -2.35. The second kappa shape index (κ2) is 12.6. The minimum atomic E-state index is -0.569. The van der Waals surface area contributed by atoms with Gasteiger partial charge in [0.1, 0.15) is 11.3 Å². The molecule has 0 aromatic heterocycles. The van der Waals surface area contributed by atoms with Crippen LogP contribution in [0.4, 0.5) is 4.79 Å². The first-order valence-electron chi connectivity index (χ1n) is 11.1. The SMILES string of the molecule is CCOC(=O)C1=C(Br)C(c2ccc(OC)c(OC)c2OC)C(=CNCCNC(=O)OC(C)(C)C)N1. The summed E-state index contributed by atoms with van der Waals surface area (Å²) in [5, 5.41) is 8.98. The van der Waals surface area contributed by atoms with E-state index in [1.807, 2.05) is 6.07 Å². The molecule has 3 N–H and O–H groups in total. The summed E-state index contributed by atoms with van der Waals surface area (Å²) in [5.74, 6) is 0.514. The molecule has 0 bridgehead atoms. The summed E-state index contributed by atoms with van der Waals surface area (Å²) in [6.45, 7) is 8.14. The number of rotatable bonds is 10. The molecule has 0 aliphatic carbocycles. The van der Waals surface area contributed by atoms with E-state index >= 15 is 0 Å². The first-order chi connectivity index (χ1) is 16.6. The van der Waals surface area contributed by atoms with Crippen molar-refractivity contribution in [2.75, 3.05) is 41.0 Å². The first-order valence-corrected chi connectivity index (χ1v) is 11.9. The maximum atomic E-state index is 12.6. The molecule has 1 unspecified atom stereocenters. The van der Waals surface area contributed by atoms with Gasteiger partial charge in [0, 0.05) is 35.0 Å². The van der Waals surface area contributed by atoms with Gasteiger partial charge in [-0.2, -0.15) is 0 Å². The number of carbonyl (C=O) groups is 2.